The molecule has 0 radical (unpaired) electrons. The Balaban J connectivity index is -0.0000000189. The average Bonchev–Trinajstić information content (AvgIpc) is 2.38. The standard InChI is InChI=1S/4Al.2Mg.4H2O3Si.4H2O.4O.4H/c;;;;;;4*1-4(2)3;;;;;;;;;;;;/h;;;;;;4*1-2H;4*1H2;;;;;;;;/q4*+1;;;;;;;;;;;;;;;;;;/p-4. The zero-order valence-corrected chi connectivity index (χ0v) is 21.6. The van der Waals surface area contributed by atoms with Gasteiger partial charge in [-0.1, -0.05) is 0 Å². The van der Waals surface area contributed by atoms with Gasteiger partial charge in [0.05, 0.1) is 0 Å². The van der Waals surface area contributed by atoms with Crippen LogP contribution in [0.2, 0.25) is 0 Å². The first-order chi connectivity index (χ1) is 12.6. The van der Waals surface area contributed by atoms with Gasteiger partial charge < -0.3 is 38.4 Å². The van der Waals surface area contributed by atoms with Gasteiger partial charge >= 0.3 is 177 Å². The normalized spacial score (nSPS) is 4.27. The molecule has 0 saturated heterocycles. The Kier molecular flexibility index (Phi) is 185. The van der Waals surface area contributed by atoms with Crippen molar-refractivity contribution in [3.63, 3.8) is 0 Å². The van der Waals surface area contributed by atoms with Crippen LogP contribution in [0.1, 0.15) is 0 Å². The van der Waals surface area contributed by atoms with Gasteiger partial charge in [0.25, 0.3) is 0 Å². The molecule has 0 aromatic carbocycles. The average molecular weight is 605 g/mol. The zero-order chi connectivity index (χ0) is 25.1. The fourth-order valence-electron chi connectivity index (χ4n) is 0. The van der Waals surface area contributed by atoms with E-state index in [1.807, 2.05) is 0 Å². The predicted octanol–water partition coefficient (Wildman–Crippen LogP) is -12.5. The van der Waals surface area contributed by atoms with Crippen molar-refractivity contribution in [2.45, 2.75) is 0 Å². The van der Waals surface area contributed by atoms with Gasteiger partial charge in [-0.05, 0) is 0 Å². The Bertz CT molecular complexity index is 303. The molecular formula is H16Al4Mg2O20Si4. The van der Waals surface area contributed by atoms with E-state index in [-0.39, 0.29) is 46.1 Å². The maximum atomic E-state index is 8.74. The third-order valence-electron chi connectivity index (χ3n) is 0. The molecule has 0 amide bonds. The van der Waals surface area contributed by atoms with E-state index in [9.17, 15) is 0 Å². The third-order valence-corrected chi connectivity index (χ3v) is 0. The van der Waals surface area contributed by atoms with Gasteiger partial charge in [0.15, 0.2) is 0 Å². The molecule has 0 rings (SSSR count). The first-order valence-corrected chi connectivity index (χ1v) is 13.7. The van der Waals surface area contributed by atoms with Crippen LogP contribution < -0.4 is 0 Å². The predicted molar refractivity (Wildman–Crippen MR) is 95.2 cm³/mol. The van der Waals surface area contributed by atoms with E-state index in [2.05, 4.69) is 0 Å². The van der Waals surface area contributed by atoms with Gasteiger partial charge in [0.2, 0.25) is 0 Å². The van der Waals surface area contributed by atoms with Crippen molar-refractivity contribution in [1.82, 2.24) is 0 Å². The zero-order valence-electron chi connectivity index (χ0n) is 12.9. The van der Waals surface area contributed by atoms with Crippen LogP contribution in [-0.2, 0) is 33.1 Å². The summed E-state index contributed by atoms with van der Waals surface area (Å²) in [5.41, 5.74) is 0. The molecule has 20 nitrogen and oxygen atoms in total. The van der Waals surface area contributed by atoms with Crippen LogP contribution in [0.15, 0.2) is 0 Å². The van der Waals surface area contributed by atoms with E-state index in [0.717, 1.165) is 0 Å². The quantitative estimate of drug-likeness (QED) is 0.114. The molecule has 0 aromatic rings. The van der Waals surface area contributed by atoms with Crippen molar-refractivity contribution in [2.24, 2.45) is 0 Å². The minimum absolute atomic E-state index is 0. The molecule has 0 aliphatic rings. The molecule has 0 fully saturated rings. The molecule has 0 aromatic heterocycles. The third kappa shape index (κ3) is 77000. The SMILES string of the molecule is O=[Si](O)O.O=[Si](O)O.O=[Si](O)O.O=[Si](O)O.[MgH2].[MgH2].[O]=[Al][OH].[O]=[Al][OH].[O]=[Al][OH].[O]=[Al][OH]. The summed E-state index contributed by atoms with van der Waals surface area (Å²) in [5.74, 6) is 0. The maximum absolute atomic E-state index is 8.74. The molecule has 0 aliphatic heterocycles. The van der Waals surface area contributed by atoms with Crippen molar-refractivity contribution < 1.29 is 88.1 Å². The van der Waals surface area contributed by atoms with Gasteiger partial charge in [-0.2, -0.15) is 0 Å². The number of rotatable bonds is 0. The van der Waals surface area contributed by atoms with Gasteiger partial charge in [0.1, 0.15) is 0 Å². The summed E-state index contributed by atoms with van der Waals surface area (Å²) in [4.78, 5) is 57.3. The first kappa shape index (κ1) is 63.2. The summed E-state index contributed by atoms with van der Waals surface area (Å²) in [7, 11) is -12.5. The summed E-state index contributed by atoms with van der Waals surface area (Å²) in [6, 6.07) is 0. The molecule has 0 spiro atoms. The summed E-state index contributed by atoms with van der Waals surface area (Å²) >= 11 is -6.00. The summed E-state index contributed by atoms with van der Waals surface area (Å²) in [5, 5.41) is 0. The second-order valence-electron chi connectivity index (χ2n) is 1.55. The second kappa shape index (κ2) is 88.0. The molecule has 0 atom stereocenters. The molecule has 0 saturated carbocycles. The van der Waals surface area contributed by atoms with Crippen LogP contribution in [0, 0.1) is 0 Å². The molecule has 0 unspecified atom stereocenters. The van der Waals surface area contributed by atoms with Crippen LogP contribution in [0.3, 0.4) is 0 Å². The monoisotopic (exact) mass is 604 g/mol. The molecule has 30 heavy (non-hydrogen) atoms. The Morgan fingerprint density at radius 3 is 0.367 bits per heavy atom. The molecular weight excluding hydrogens is 589 g/mol. The van der Waals surface area contributed by atoms with E-state index < -0.39 is 98.6 Å². The Morgan fingerprint density at radius 2 is 0.367 bits per heavy atom. The molecule has 0 bridgehead atoms. The molecule has 0 heterocycles. The molecule has 30 heteroatoms. The Labute approximate surface area is 230 Å². The number of hydrogen-bond acceptors (Lipinski definition) is 8. The van der Waals surface area contributed by atoms with Crippen LogP contribution in [0.5, 0.6) is 0 Å². The van der Waals surface area contributed by atoms with E-state index >= 15 is 0 Å². The van der Waals surface area contributed by atoms with Crippen LogP contribution in [0.25, 0.3) is 0 Å². The fourth-order valence-corrected chi connectivity index (χ4v) is 0. The molecule has 168 valence electrons. The summed E-state index contributed by atoms with van der Waals surface area (Å²) < 4.78 is 97.6. The van der Waals surface area contributed by atoms with Crippen LogP contribution >= 0.6 is 0 Å². The van der Waals surface area contributed by atoms with Crippen LogP contribution in [-0.4, -0.2) is 200 Å². The Morgan fingerprint density at radius 1 is 0.367 bits per heavy atom. The van der Waals surface area contributed by atoms with Crippen molar-refractivity contribution >= 4 is 145 Å². The van der Waals surface area contributed by atoms with Crippen LogP contribution in [0.4, 0.5) is 0 Å². The van der Waals surface area contributed by atoms with Crippen molar-refractivity contribution in [3.05, 3.63) is 0 Å². The van der Waals surface area contributed by atoms with E-state index in [4.69, 9.17) is 88.1 Å². The molecule has 0 aliphatic carbocycles. The van der Waals surface area contributed by atoms with E-state index in [0.29, 0.717) is 0 Å². The van der Waals surface area contributed by atoms with Gasteiger partial charge in [0, 0.05) is 0 Å². The van der Waals surface area contributed by atoms with E-state index in [1.165, 1.54) is 0 Å². The van der Waals surface area contributed by atoms with Crippen molar-refractivity contribution in [1.29, 1.82) is 0 Å². The van der Waals surface area contributed by atoms with Gasteiger partial charge in [-0.15, -0.1) is 0 Å². The van der Waals surface area contributed by atoms with Crippen molar-refractivity contribution in [2.75, 3.05) is 0 Å². The topological polar surface area (TPSA) is 379 Å². The summed E-state index contributed by atoms with van der Waals surface area (Å²) in [6.45, 7) is 0. The second-order valence-corrected chi connectivity index (χ2v) is 4.66. The van der Waals surface area contributed by atoms with Gasteiger partial charge in [-0.3, -0.25) is 17.8 Å². The first-order valence-electron chi connectivity index (χ1n) is 4.58. The van der Waals surface area contributed by atoms with Gasteiger partial charge in [-0.25, -0.2) is 0 Å². The summed E-state index contributed by atoms with van der Waals surface area (Å²) in [6.07, 6.45) is 0. The van der Waals surface area contributed by atoms with E-state index in [1.54, 1.807) is 0 Å². The molecule has 12 N–H and O–H groups in total. The fraction of sp³-hybridized carbons (Fsp3) is 0. The van der Waals surface area contributed by atoms with Crippen molar-refractivity contribution in [3.8, 4) is 0 Å². The number of hydrogen-bond donors (Lipinski definition) is 12. The Hall–Kier alpha value is 0.530. The minimum atomic E-state index is -3.13.